The molecular formula is C12H14O2. The van der Waals surface area contributed by atoms with Crippen LogP contribution in [0.3, 0.4) is 0 Å². The van der Waals surface area contributed by atoms with Gasteiger partial charge in [-0.3, -0.25) is 4.79 Å². The molecule has 0 saturated heterocycles. The number of benzene rings is 1. The van der Waals surface area contributed by atoms with Crippen molar-refractivity contribution in [3.05, 3.63) is 35.9 Å². The summed E-state index contributed by atoms with van der Waals surface area (Å²) in [5, 5.41) is 9.97. The molecule has 1 fully saturated rings. The Morgan fingerprint density at radius 1 is 1.29 bits per heavy atom. The fourth-order valence-electron chi connectivity index (χ4n) is 2.06. The van der Waals surface area contributed by atoms with E-state index < -0.39 is 6.10 Å². The molecule has 0 radical (unpaired) electrons. The average molecular weight is 190 g/mol. The smallest absolute Gasteiger partial charge is 0.138 e. The maximum absolute atomic E-state index is 11.4. The zero-order valence-corrected chi connectivity index (χ0v) is 8.02. The van der Waals surface area contributed by atoms with E-state index in [0.717, 1.165) is 18.4 Å². The number of rotatable bonds is 2. The third-order valence-corrected chi connectivity index (χ3v) is 2.87. The van der Waals surface area contributed by atoms with E-state index in [0.29, 0.717) is 6.42 Å². The van der Waals surface area contributed by atoms with Crippen molar-refractivity contribution >= 4 is 5.78 Å². The highest BCUT2D eigenvalue weighted by molar-refractivity contribution is 5.83. The standard InChI is InChI=1S/C12H14O2/c13-11-8-4-7-10(11)12(14)9-5-2-1-3-6-9/h1-3,5-6,10,12,14H,4,7-8H2/t10-,12+/m1/s1. The molecule has 0 amide bonds. The van der Waals surface area contributed by atoms with E-state index in [1.54, 1.807) is 0 Å². The number of aliphatic hydroxyl groups is 1. The Morgan fingerprint density at radius 2 is 2.00 bits per heavy atom. The van der Waals surface area contributed by atoms with Gasteiger partial charge in [0, 0.05) is 12.3 Å². The lowest BCUT2D eigenvalue weighted by atomic mass is 9.94. The molecular weight excluding hydrogens is 176 g/mol. The fraction of sp³-hybridized carbons (Fsp3) is 0.417. The van der Waals surface area contributed by atoms with Crippen LogP contribution in [0.4, 0.5) is 0 Å². The minimum atomic E-state index is -0.605. The van der Waals surface area contributed by atoms with Gasteiger partial charge in [0.15, 0.2) is 0 Å². The van der Waals surface area contributed by atoms with Crippen molar-refractivity contribution in [2.45, 2.75) is 25.4 Å². The van der Waals surface area contributed by atoms with E-state index in [2.05, 4.69) is 0 Å². The molecule has 2 atom stereocenters. The first-order valence-electron chi connectivity index (χ1n) is 5.05. The monoisotopic (exact) mass is 190 g/mol. The van der Waals surface area contributed by atoms with Gasteiger partial charge in [-0.1, -0.05) is 30.3 Å². The third kappa shape index (κ3) is 1.70. The topological polar surface area (TPSA) is 37.3 Å². The van der Waals surface area contributed by atoms with Crippen molar-refractivity contribution in [3.8, 4) is 0 Å². The largest absolute Gasteiger partial charge is 0.388 e. The summed E-state index contributed by atoms with van der Waals surface area (Å²) in [6.07, 6.45) is 1.78. The zero-order valence-electron chi connectivity index (χ0n) is 8.02. The van der Waals surface area contributed by atoms with Gasteiger partial charge in [0.25, 0.3) is 0 Å². The SMILES string of the molecule is O=C1CCC[C@H]1[C@@H](O)c1ccccc1. The Morgan fingerprint density at radius 3 is 2.57 bits per heavy atom. The van der Waals surface area contributed by atoms with Crippen molar-refractivity contribution in [1.82, 2.24) is 0 Å². The number of aliphatic hydroxyl groups excluding tert-OH is 1. The van der Waals surface area contributed by atoms with E-state index in [1.165, 1.54) is 0 Å². The van der Waals surface area contributed by atoms with Crippen LogP contribution in [-0.2, 0) is 4.79 Å². The number of carbonyl (C=O) groups is 1. The molecule has 74 valence electrons. The van der Waals surface area contributed by atoms with Gasteiger partial charge in [-0.15, -0.1) is 0 Å². The van der Waals surface area contributed by atoms with Gasteiger partial charge >= 0.3 is 0 Å². The van der Waals surface area contributed by atoms with Crippen molar-refractivity contribution in [2.75, 3.05) is 0 Å². The molecule has 0 heterocycles. The van der Waals surface area contributed by atoms with Crippen LogP contribution in [0.1, 0.15) is 30.9 Å². The summed E-state index contributed by atoms with van der Waals surface area (Å²) >= 11 is 0. The molecule has 0 aliphatic heterocycles. The van der Waals surface area contributed by atoms with Gasteiger partial charge in [0.05, 0.1) is 6.10 Å². The quantitative estimate of drug-likeness (QED) is 0.775. The lowest BCUT2D eigenvalue weighted by Crippen LogP contribution is -2.16. The second-order valence-corrected chi connectivity index (χ2v) is 3.82. The van der Waals surface area contributed by atoms with E-state index >= 15 is 0 Å². The Balaban J connectivity index is 2.16. The molecule has 1 saturated carbocycles. The molecule has 1 aliphatic rings. The molecule has 2 heteroatoms. The minimum absolute atomic E-state index is 0.169. The Kier molecular flexibility index (Phi) is 2.64. The average Bonchev–Trinajstić information content (AvgIpc) is 2.65. The van der Waals surface area contributed by atoms with Crippen molar-refractivity contribution in [3.63, 3.8) is 0 Å². The van der Waals surface area contributed by atoms with Crippen LogP contribution in [-0.4, -0.2) is 10.9 Å². The highest BCUT2D eigenvalue weighted by Gasteiger charge is 2.31. The van der Waals surface area contributed by atoms with Gasteiger partial charge < -0.3 is 5.11 Å². The predicted octanol–water partition coefficient (Wildman–Crippen LogP) is 2.09. The predicted molar refractivity (Wildman–Crippen MR) is 53.7 cm³/mol. The summed E-state index contributed by atoms with van der Waals surface area (Å²) in [5.74, 6) is 0.0405. The minimum Gasteiger partial charge on any atom is -0.388 e. The molecule has 1 aromatic rings. The Labute approximate surface area is 83.6 Å². The first kappa shape index (κ1) is 9.41. The summed E-state index contributed by atoms with van der Waals surface area (Å²) in [5.41, 5.74) is 0.854. The summed E-state index contributed by atoms with van der Waals surface area (Å²) in [6.45, 7) is 0. The highest BCUT2D eigenvalue weighted by atomic mass is 16.3. The lowest BCUT2D eigenvalue weighted by Gasteiger charge is -2.16. The molecule has 0 aromatic heterocycles. The molecule has 1 aromatic carbocycles. The first-order valence-corrected chi connectivity index (χ1v) is 5.05. The first-order chi connectivity index (χ1) is 6.79. The summed E-state index contributed by atoms with van der Waals surface area (Å²) in [4.78, 5) is 11.4. The van der Waals surface area contributed by atoms with E-state index in [1.807, 2.05) is 30.3 Å². The second kappa shape index (κ2) is 3.93. The lowest BCUT2D eigenvalue weighted by molar-refractivity contribution is -0.123. The van der Waals surface area contributed by atoms with Crippen LogP contribution in [0.15, 0.2) is 30.3 Å². The van der Waals surface area contributed by atoms with Gasteiger partial charge in [-0.05, 0) is 18.4 Å². The maximum atomic E-state index is 11.4. The second-order valence-electron chi connectivity index (χ2n) is 3.82. The third-order valence-electron chi connectivity index (χ3n) is 2.87. The molecule has 0 unspecified atom stereocenters. The van der Waals surface area contributed by atoms with Crippen molar-refractivity contribution < 1.29 is 9.90 Å². The van der Waals surface area contributed by atoms with E-state index in [9.17, 15) is 9.90 Å². The molecule has 1 aliphatic carbocycles. The molecule has 2 rings (SSSR count). The van der Waals surface area contributed by atoms with Crippen LogP contribution in [0.5, 0.6) is 0 Å². The number of hydrogen-bond acceptors (Lipinski definition) is 2. The Hall–Kier alpha value is -1.15. The van der Waals surface area contributed by atoms with E-state index in [4.69, 9.17) is 0 Å². The fourth-order valence-corrected chi connectivity index (χ4v) is 2.06. The van der Waals surface area contributed by atoms with Crippen molar-refractivity contribution in [2.24, 2.45) is 5.92 Å². The van der Waals surface area contributed by atoms with Crippen LogP contribution in [0.25, 0.3) is 0 Å². The normalized spacial score (nSPS) is 23.8. The molecule has 2 nitrogen and oxygen atoms in total. The van der Waals surface area contributed by atoms with Gasteiger partial charge in [0.1, 0.15) is 5.78 Å². The molecule has 1 N–H and O–H groups in total. The number of ketones is 1. The van der Waals surface area contributed by atoms with E-state index in [-0.39, 0.29) is 11.7 Å². The molecule has 0 spiro atoms. The van der Waals surface area contributed by atoms with Gasteiger partial charge in [0.2, 0.25) is 0 Å². The zero-order chi connectivity index (χ0) is 9.97. The van der Waals surface area contributed by atoms with Gasteiger partial charge in [-0.2, -0.15) is 0 Å². The maximum Gasteiger partial charge on any atom is 0.138 e. The van der Waals surface area contributed by atoms with Crippen LogP contribution < -0.4 is 0 Å². The van der Waals surface area contributed by atoms with Gasteiger partial charge in [-0.25, -0.2) is 0 Å². The van der Waals surface area contributed by atoms with Crippen LogP contribution in [0, 0.1) is 5.92 Å². The molecule has 0 bridgehead atoms. The summed E-state index contributed by atoms with van der Waals surface area (Å²) < 4.78 is 0. The summed E-state index contributed by atoms with van der Waals surface area (Å²) in [7, 11) is 0. The number of carbonyl (C=O) groups excluding carboxylic acids is 1. The van der Waals surface area contributed by atoms with Crippen molar-refractivity contribution in [1.29, 1.82) is 0 Å². The number of Topliss-reactive ketones (excluding diaryl/α,β-unsaturated/α-hetero) is 1. The molecule has 14 heavy (non-hydrogen) atoms. The number of hydrogen-bond donors (Lipinski definition) is 1. The van der Waals surface area contributed by atoms with Crippen LogP contribution >= 0.6 is 0 Å². The highest BCUT2D eigenvalue weighted by Crippen LogP contribution is 2.32. The Bertz CT molecular complexity index is 318. The summed E-state index contributed by atoms with van der Waals surface area (Å²) in [6, 6.07) is 9.43. The van der Waals surface area contributed by atoms with Crippen LogP contribution in [0.2, 0.25) is 0 Å².